The molecule has 6 nitrogen and oxygen atoms in total. The van der Waals surface area contributed by atoms with Crippen molar-refractivity contribution in [1.82, 2.24) is 14.5 Å². The monoisotopic (exact) mass is 488 g/mol. The lowest BCUT2D eigenvalue weighted by Gasteiger charge is -2.42. The molecule has 0 aromatic rings. The molecule has 1 saturated heterocycles. The zero-order valence-corrected chi connectivity index (χ0v) is 19.7. The normalized spacial score (nSPS) is 22.0. The van der Waals surface area contributed by atoms with Crippen LogP contribution in [0.5, 0.6) is 0 Å². The number of guanidine groups is 1. The first-order valence-corrected chi connectivity index (χ1v) is 11.0. The fourth-order valence-corrected chi connectivity index (χ4v) is 4.58. The fraction of sp³-hybridized carbons (Fsp3) is 0.941. The number of hydrogen-bond donors (Lipinski definition) is 1. The highest BCUT2D eigenvalue weighted by Crippen LogP contribution is 2.33. The highest BCUT2D eigenvalue weighted by atomic mass is 127. The maximum atomic E-state index is 11.6. The summed E-state index contributed by atoms with van der Waals surface area (Å²) in [5.41, 5.74) is 0.375. The van der Waals surface area contributed by atoms with Crippen molar-refractivity contribution in [3.63, 3.8) is 0 Å². The molecule has 1 atom stereocenters. The lowest BCUT2D eigenvalue weighted by atomic mass is 9.78. The van der Waals surface area contributed by atoms with Crippen molar-refractivity contribution < 1.29 is 8.42 Å². The topological polar surface area (TPSA) is 65.0 Å². The molecule has 0 amide bonds. The maximum absolute atomic E-state index is 11.6. The number of rotatable bonds is 8. The third kappa shape index (κ3) is 8.43. The molecule has 0 spiro atoms. The summed E-state index contributed by atoms with van der Waals surface area (Å²) in [4.78, 5) is 6.78. The van der Waals surface area contributed by atoms with Crippen molar-refractivity contribution in [1.29, 1.82) is 0 Å². The SMILES string of the molecule is CCCC1(C)CCCN(C(=NC)NCCCN(CC)S(C)(=O)=O)C1.I. The second-order valence-corrected chi connectivity index (χ2v) is 9.15. The van der Waals surface area contributed by atoms with Crippen molar-refractivity contribution in [3.05, 3.63) is 0 Å². The smallest absolute Gasteiger partial charge is 0.211 e. The Morgan fingerprint density at radius 3 is 2.56 bits per heavy atom. The average Bonchev–Trinajstić information content (AvgIpc) is 2.49. The summed E-state index contributed by atoms with van der Waals surface area (Å²) >= 11 is 0. The van der Waals surface area contributed by atoms with Gasteiger partial charge in [0.1, 0.15) is 0 Å². The minimum Gasteiger partial charge on any atom is -0.356 e. The summed E-state index contributed by atoms with van der Waals surface area (Å²) in [6.07, 6.45) is 7.00. The van der Waals surface area contributed by atoms with Gasteiger partial charge >= 0.3 is 0 Å². The van der Waals surface area contributed by atoms with E-state index in [0.717, 1.165) is 32.0 Å². The maximum Gasteiger partial charge on any atom is 0.211 e. The molecular weight excluding hydrogens is 451 g/mol. The third-order valence-corrected chi connectivity index (χ3v) is 6.21. The highest BCUT2D eigenvalue weighted by molar-refractivity contribution is 14.0. The molecule has 1 N–H and O–H groups in total. The van der Waals surface area contributed by atoms with Gasteiger partial charge in [0, 0.05) is 39.8 Å². The first kappa shape index (κ1) is 24.9. The van der Waals surface area contributed by atoms with E-state index in [9.17, 15) is 8.42 Å². The van der Waals surface area contributed by atoms with Gasteiger partial charge in [-0.3, -0.25) is 4.99 Å². The standard InChI is InChI=1S/C17H36N4O2S.HI/c1-6-10-17(3)11-8-13-20(15-17)16(18-4)19-12-9-14-21(7-2)24(5,22)23;/h6-15H2,1-5H3,(H,18,19);1H. The molecule has 1 unspecified atom stereocenters. The molecule has 25 heavy (non-hydrogen) atoms. The van der Waals surface area contributed by atoms with E-state index in [0.29, 0.717) is 18.5 Å². The van der Waals surface area contributed by atoms with Gasteiger partial charge in [-0.05, 0) is 31.1 Å². The number of piperidine rings is 1. The molecule has 0 aliphatic carbocycles. The van der Waals surface area contributed by atoms with E-state index in [1.54, 1.807) is 0 Å². The minimum absolute atomic E-state index is 0. The average molecular weight is 488 g/mol. The van der Waals surface area contributed by atoms with Crippen molar-refractivity contribution in [2.75, 3.05) is 46.0 Å². The van der Waals surface area contributed by atoms with Crippen LogP contribution in [0, 0.1) is 5.41 Å². The molecule has 0 radical (unpaired) electrons. The van der Waals surface area contributed by atoms with E-state index < -0.39 is 10.0 Å². The predicted molar refractivity (Wildman–Crippen MR) is 117 cm³/mol. The van der Waals surface area contributed by atoms with E-state index in [-0.39, 0.29) is 24.0 Å². The lowest BCUT2D eigenvalue weighted by Crippen LogP contribution is -2.50. The highest BCUT2D eigenvalue weighted by Gasteiger charge is 2.31. The van der Waals surface area contributed by atoms with Gasteiger partial charge in [-0.25, -0.2) is 12.7 Å². The number of aliphatic imine (C=N–C) groups is 1. The number of likely N-dealkylation sites (tertiary alicyclic amines) is 1. The molecule has 1 fully saturated rings. The number of sulfonamides is 1. The Morgan fingerprint density at radius 2 is 2.04 bits per heavy atom. The first-order chi connectivity index (χ1) is 11.3. The molecule has 8 heteroatoms. The van der Waals surface area contributed by atoms with Crippen LogP contribution in [0.15, 0.2) is 4.99 Å². The largest absolute Gasteiger partial charge is 0.356 e. The fourth-order valence-electron chi connectivity index (χ4n) is 3.65. The Kier molecular flexibility index (Phi) is 11.5. The second kappa shape index (κ2) is 11.6. The van der Waals surface area contributed by atoms with Gasteiger partial charge in [-0.15, -0.1) is 24.0 Å². The predicted octanol–water partition coefficient (Wildman–Crippen LogP) is 2.75. The van der Waals surface area contributed by atoms with Gasteiger partial charge in [-0.2, -0.15) is 0 Å². The van der Waals surface area contributed by atoms with Crippen LogP contribution in [0.1, 0.15) is 52.9 Å². The van der Waals surface area contributed by atoms with Crippen molar-refractivity contribution in [3.8, 4) is 0 Å². The summed E-state index contributed by atoms with van der Waals surface area (Å²) in [7, 11) is -1.28. The van der Waals surface area contributed by atoms with Gasteiger partial charge in [0.05, 0.1) is 6.26 Å². The summed E-state index contributed by atoms with van der Waals surface area (Å²) in [5, 5.41) is 3.40. The molecule has 150 valence electrons. The molecule has 0 aromatic heterocycles. The van der Waals surface area contributed by atoms with E-state index in [1.165, 1.54) is 36.2 Å². The Hall–Kier alpha value is -0.0900. The Morgan fingerprint density at radius 1 is 1.36 bits per heavy atom. The summed E-state index contributed by atoms with van der Waals surface area (Å²) in [6, 6.07) is 0. The molecule has 0 aromatic carbocycles. The Balaban J connectivity index is 0.00000576. The number of nitrogens with one attached hydrogen (secondary N) is 1. The van der Waals surface area contributed by atoms with Crippen LogP contribution in [0.4, 0.5) is 0 Å². The zero-order valence-electron chi connectivity index (χ0n) is 16.5. The molecule has 1 aliphatic heterocycles. The molecule has 1 rings (SSSR count). The van der Waals surface area contributed by atoms with Gasteiger partial charge in [0.15, 0.2) is 5.96 Å². The lowest BCUT2D eigenvalue weighted by molar-refractivity contribution is 0.142. The van der Waals surface area contributed by atoms with Crippen LogP contribution in [-0.4, -0.2) is 69.6 Å². The van der Waals surface area contributed by atoms with Crippen LogP contribution >= 0.6 is 24.0 Å². The van der Waals surface area contributed by atoms with Crippen LogP contribution < -0.4 is 5.32 Å². The third-order valence-electron chi connectivity index (χ3n) is 4.83. The molecule has 0 saturated carbocycles. The zero-order chi connectivity index (χ0) is 18.2. The molecule has 1 aliphatic rings. The van der Waals surface area contributed by atoms with Crippen molar-refractivity contribution >= 4 is 40.0 Å². The number of hydrogen-bond acceptors (Lipinski definition) is 3. The van der Waals surface area contributed by atoms with Crippen LogP contribution in [0.3, 0.4) is 0 Å². The summed E-state index contributed by atoms with van der Waals surface area (Å²) in [5.74, 6) is 0.944. The summed E-state index contributed by atoms with van der Waals surface area (Å²) in [6.45, 7) is 10.4. The van der Waals surface area contributed by atoms with Gasteiger partial charge in [0.25, 0.3) is 0 Å². The van der Waals surface area contributed by atoms with Crippen LogP contribution in [0.2, 0.25) is 0 Å². The van der Waals surface area contributed by atoms with Gasteiger partial charge < -0.3 is 10.2 Å². The van der Waals surface area contributed by atoms with Gasteiger partial charge in [-0.1, -0.05) is 27.2 Å². The van der Waals surface area contributed by atoms with Gasteiger partial charge in [0.2, 0.25) is 10.0 Å². The van der Waals surface area contributed by atoms with Crippen LogP contribution in [-0.2, 0) is 10.0 Å². The summed E-state index contributed by atoms with van der Waals surface area (Å²) < 4.78 is 24.7. The van der Waals surface area contributed by atoms with E-state index in [1.807, 2.05) is 14.0 Å². The van der Waals surface area contributed by atoms with E-state index in [4.69, 9.17) is 0 Å². The van der Waals surface area contributed by atoms with Crippen LogP contribution in [0.25, 0.3) is 0 Å². The Labute approximate surface area is 171 Å². The first-order valence-electron chi connectivity index (χ1n) is 9.16. The number of nitrogens with zero attached hydrogens (tertiary/aromatic N) is 3. The minimum atomic E-state index is -3.10. The Bertz CT molecular complexity index is 509. The van der Waals surface area contributed by atoms with E-state index >= 15 is 0 Å². The quantitative estimate of drug-likeness (QED) is 0.247. The van der Waals surface area contributed by atoms with Crippen molar-refractivity contribution in [2.45, 2.75) is 52.9 Å². The molecular formula is C17H37IN4O2S. The number of halogens is 1. The molecule has 1 heterocycles. The molecule has 0 bridgehead atoms. The van der Waals surface area contributed by atoms with Crippen molar-refractivity contribution in [2.24, 2.45) is 10.4 Å². The van der Waals surface area contributed by atoms with E-state index in [2.05, 4.69) is 29.1 Å². The second-order valence-electron chi connectivity index (χ2n) is 7.17.